The van der Waals surface area contributed by atoms with Gasteiger partial charge in [0.2, 0.25) is 0 Å². The lowest BCUT2D eigenvalue weighted by molar-refractivity contribution is -0.00000287. The summed E-state index contributed by atoms with van der Waals surface area (Å²) < 4.78 is 5.17. The van der Waals surface area contributed by atoms with E-state index in [0.717, 1.165) is 0 Å². The maximum absolute atomic E-state index is 2.59. The van der Waals surface area contributed by atoms with Crippen LogP contribution in [0.25, 0.3) is 0 Å². The summed E-state index contributed by atoms with van der Waals surface area (Å²) in [5, 5.41) is 0. The van der Waals surface area contributed by atoms with Gasteiger partial charge in [-0.2, -0.15) is 9.34 Å². The lowest BCUT2D eigenvalue weighted by Crippen LogP contribution is -3.00. The number of rotatable bonds is 3. The number of nitrogens with zero attached hydrogens (tertiary/aromatic N) is 2. The van der Waals surface area contributed by atoms with Gasteiger partial charge in [0, 0.05) is 14.1 Å². The van der Waals surface area contributed by atoms with Gasteiger partial charge in [-0.1, -0.05) is 13.3 Å². The van der Waals surface area contributed by atoms with Crippen LogP contribution in [0.4, 0.5) is 0 Å². The van der Waals surface area contributed by atoms with Crippen LogP contribution in [-0.2, 0) is 0 Å². The van der Waals surface area contributed by atoms with E-state index in [4.69, 9.17) is 0 Å². The van der Waals surface area contributed by atoms with Gasteiger partial charge in [0.25, 0.3) is 0 Å². The molecule has 2 nitrogen and oxygen atoms in total. The molecule has 1 aliphatic rings. The monoisotopic (exact) mass is 316 g/mol. The van der Waals surface area contributed by atoms with Crippen molar-refractivity contribution in [3.05, 3.63) is 0 Å². The second-order valence-corrected chi connectivity index (χ2v) is 7.92. The predicted molar refractivity (Wildman–Crippen MR) is 57.9 cm³/mol. The summed E-state index contributed by atoms with van der Waals surface area (Å²) in [6.45, 7) is 7.28. The van der Waals surface area contributed by atoms with Crippen molar-refractivity contribution in [2.75, 3.05) is 40.0 Å². The minimum Gasteiger partial charge on any atom is -1.00 e. The van der Waals surface area contributed by atoms with E-state index >= 15 is 0 Å². The lowest BCUT2D eigenvalue weighted by Gasteiger charge is -2.28. The highest BCUT2D eigenvalue weighted by atomic mass is 127. The van der Waals surface area contributed by atoms with E-state index in [9.17, 15) is 0 Å². The Morgan fingerprint density at radius 3 is 2.00 bits per heavy atom. The van der Waals surface area contributed by atoms with E-state index in [0.29, 0.717) is 0 Å². The third kappa shape index (κ3) is 3.01. The predicted octanol–water partition coefficient (Wildman–Crippen LogP) is -0.855. The van der Waals surface area contributed by atoms with E-state index in [2.05, 4.69) is 37.0 Å². The molecule has 0 aromatic rings. The topological polar surface area (TPSA) is 6.48 Å². The van der Waals surface area contributed by atoms with Crippen LogP contribution in [0, 0.1) is 0 Å². The fourth-order valence-electron chi connectivity index (χ4n) is 1.78. The van der Waals surface area contributed by atoms with E-state index in [-0.39, 0.29) is 24.0 Å². The van der Waals surface area contributed by atoms with Gasteiger partial charge in [-0.25, -0.2) is 0 Å². The number of unbranched alkanes of at least 4 members (excludes halogenated alkanes) is 1. The molecule has 0 amide bonds. The maximum atomic E-state index is 2.59. The van der Waals surface area contributed by atoms with E-state index in [1.54, 1.807) is 0 Å². The first-order valence-corrected chi connectivity index (χ1v) is 7.22. The Kier molecular flexibility index (Phi) is 6.32. The van der Waals surface area contributed by atoms with Gasteiger partial charge in [0.1, 0.15) is 7.56 Å². The molecule has 13 heavy (non-hydrogen) atoms. The molecule has 1 fully saturated rings. The zero-order chi connectivity index (χ0) is 9.19. The third-order valence-electron chi connectivity index (χ3n) is 3.15. The summed E-state index contributed by atoms with van der Waals surface area (Å²) in [5.41, 5.74) is 0. The van der Waals surface area contributed by atoms with Crippen LogP contribution in [0.1, 0.15) is 19.8 Å². The zero-order valence-electron chi connectivity index (χ0n) is 9.26. The van der Waals surface area contributed by atoms with Crippen LogP contribution in [-0.4, -0.2) is 49.4 Å². The van der Waals surface area contributed by atoms with E-state index < -0.39 is 7.56 Å². The first-order chi connectivity index (χ1) is 5.61. The molecule has 0 aromatic carbocycles. The van der Waals surface area contributed by atoms with Crippen molar-refractivity contribution in [1.82, 2.24) is 9.34 Å². The maximum Gasteiger partial charge on any atom is 0.149 e. The minimum atomic E-state index is -0.852. The SMILES string of the molecule is CCCC[P+]1(C)N(C)CCN1C.[I-]. The van der Waals surface area contributed by atoms with Crippen LogP contribution in [0.3, 0.4) is 0 Å². The van der Waals surface area contributed by atoms with Gasteiger partial charge in [0.15, 0.2) is 0 Å². The van der Waals surface area contributed by atoms with Crippen molar-refractivity contribution in [1.29, 1.82) is 0 Å². The highest BCUT2D eigenvalue weighted by Gasteiger charge is 2.46. The van der Waals surface area contributed by atoms with Crippen molar-refractivity contribution in [3.8, 4) is 0 Å². The Morgan fingerprint density at radius 2 is 1.62 bits per heavy atom. The molecule has 0 bridgehead atoms. The van der Waals surface area contributed by atoms with Crippen molar-refractivity contribution in [2.45, 2.75) is 19.8 Å². The summed E-state index contributed by atoms with van der Waals surface area (Å²) in [5.74, 6) is 0. The molecule has 0 aliphatic carbocycles. The molecule has 1 saturated heterocycles. The molecule has 4 heteroatoms. The second kappa shape index (κ2) is 5.84. The molecule has 1 rings (SSSR count). The van der Waals surface area contributed by atoms with Gasteiger partial charge >= 0.3 is 0 Å². The molecule has 1 heterocycles. The van der Waals surface area contributed by atoms with Gasteiger partial charge < -0.3 is 24.0 Å². The van der Waals surface area contributed by atoms with Crippen LogP contribution in [0.2, 0.25) is 0 Å². The molecular weight excluding hydrogens is 294 g/mol. The Labute approximate surface area is 101 Å². The van der Waals surface area contributed by atoms with Crippen molar-refractivity contribution in [2.24, 2.45) is 0 Å². The molecule has 0 N–H and O–H groups in total. The molecule has 0 spiro atoms. The van der Waals surface area contributed by atoms with Crippen molar-refractivity contribution < 1.29 is 24.0 Å². The number of hydrogen-bond donors (Lipinski definition) is 0. The Hall–Kier alpha value is 1.08. The minimum absolute atomic E-state index is 0. The Balaban J connectivity index is 0.00000144. The summed E-state index contributed by atoms with van der Waals surface area (Å²) in [7, 11) is 3.72. The Morgan fingerprint density at radius 1 is 1.15 bits per heavy atom. The molecule has 0 radical (unpaired) electrons. The lowest BCUT2D eigenvalue weighted by atomic mass is 10.4. The standard InChI is InChI=1S/C9H22N2P.HI/c1-5-6-9-12(4)10(2)7-8-11(12)3;/h5-9H2,1-4H3;1H/q+1;/p-1. The number of halogens is 1. The average molecular weight is 316 g/mol. The van der Waals surface area contributed by atoms with Crippen LogP contribution >= 0.6 is 7.56 Å². The first kappa shape index (κ1) is 14.1. The van der Waals surface area contributed by atoms with Gasteiger partial charge in [-0.05, 0) is 6.42 Å². The van der Waals surface area contributed by atoms with E-state index in [1.165, 1.54) is 32.1 Å². The van der Waals surface area contributed by atoms with Gasteiger partial charge in [-0.15, -0.1) is 0 Å². The smallest absolute Gasteiger partial charge is 0.149 e. The quantitative estimate of drug-likeness (QED) is 0.494. The molecule has 0 saturated carbocycles. The molecule has 0 unspecified atom stereocenters. The summed E-state index contributed by atoms with van der Waals surface area (Å²) >= 11 is 0. The third-order valence-corrected chi connectivity index (χ3v) is 7.66. The highest BCUT2D eigenvalue weighted by molar-refractivity contribution is 7.70. The molecule has 0 aromatic heterocycles. The number of hydrogen-bond acceptors (Lipinski definition) is 2. The molecule has 0 atom stereocenters. The van der Waals surface area contributed by atoms with Crippen LogP contribution in [0.5, 0.6) is 0 Å². The molecule has 1 aliphatic heterocycles. The van der Waals surface area contributed by atoms with E-state index in [1.807, 2.05) is 0 Å². The van der Waals surface area contributed by atoms with Gasteiger partial charge in [0.05, 0.1) is 25.9 Å². The molecule has 80 valence electrons. The second-order valence-electron chi connectivity index (χ2n) is 3.93. The fraction of sp³-hybridized carbons (Fsp3) is 1.00. The Bertz CT molecular complexity index is 145. The van der Waals surface area contributed by atoms with Gasteiger partial charge in [-0.3, -0.25) is 0 Å². The average Bonchev–Trinajstić information content (AvgIpc) is 2.30. The van der Waals surface area contributed by atoms with Crippen molar-refractivity contribution in [3.63, 3.8) is 0 Å². The normalized spacial score (nSPS) is 23.1. The highest BCUT2D eigenvalue weighted by Crippen LogP contribution is 2.63. The fourth-order valence-corrected chi connectivity index (χ4v) is 4.94. The zero-order valence-corrected chi connectivity index (χ0v) is 12.3. The number of likely N-dealkylation sites (N-methyl/N-ethyl adjacent to an activating group) is 2. The van der Waals surface area contributed by atoms with Crippen LogP contribution in [0.15, 0.2) is 0 Å². The summed E-state index contributed by atoms with van der Waals surface area (Å²) in [6.07, 6.45) is 4.13. The largest absolute Gasteiger partial charge is 1.00 e. The summed E-state index contributed by atoms with van der Waals surface area (Å²) in [6, 6.07) is 0. The van der Waals surface area contributed by atoms with Crippen LogP contribution < -0.4 is 24.0 Å². The molecular formula is C9H22IN2P. The summed E-state index contributed by atoms with van der Waals surface area (Å²) in [4.78, 5) is 0. The van der Waals surface area contributed by atoms with Crippen molar-refractivity contribution >= 4 is 7.56 Å². The first-order valence-electron chi connectivity index (χ1n) is 4.90.